The minimum Gasteiger partial charge on any atom is -0.294 e. The largest absolute Gasteiger partial charge is 0.294 e. The van der Waals surface area contributed by atoms with Crippen molar-refractivity contribution >= 4 is 5.78 Å². The monoisotopic (exact) mass is 256 g/mol. The summed E-state index contributed by atoms with van der Waals surface area (Å²) >= 11 is 0. The topological polar surface area (TPSA) is 17.1 Å². The van der Waals surface area contributed by atoms with E-state index < -0.39 is 0 Å². The van der Waals surface area contributed by atoms with Gasteiger partial charge in [0.2, 0.25) is 0 Å². The average Bonchev–Trinajstić information content (AvgIpc) is 2.60. The molecule has 1 heteroatoms. The van der Waals surface area contributed by atoms with E-state index in [2.05, 4.69) is 46.8 Å². The number of ketones is 1. The molecule has 0 heterocycles. The molecule has 0 bridgehead atoms. The fraction of sp³-hybridized carbons (Fsp3) is 0.611. The van der Waals surface area contributed by atoms with Crippen LogP contribution in [0.2, 0.25) is 0 Å². The quantitative estimate of drug-likeness (QED) is 0.672. The van der Waals surface area contributed by atoms with Gasteiger partial charge in [0.1, 0.15) is 0 Å². The number of benzene rings is 1. The van der Waals surface area contributed by atoms with E-state index >= 15 is 0 Å². The summed E-state index contributed by atoms with van der Waals surface area (Å²) in [6, 6.07) is 4.56. The second-order valence-electron chi connectivity index (χ2n) is 7.79. The minimum atomic E-state index is 0.171. The Bertz CT molecular complexity index is 563. The molecule has 0 fully saturated rings. The molecule has 2 aliphatic carbocycles. The van der Waals surface area contributed by atoms with Gasteiger partial charge in [0.15, 0.2) is 5.78 Å². The third-order valence-corrected chi connectivity index (χ3v) is 5.32. The summed E-state index contributed by atoms with van der Waals surface area (Å²) in [4.78, 5) is 12.3. The Morgan fingerprint density at radius 2 is 1.53 bits per heavy atom. The molecule has 19 heavy (non-hydrogen) atoms. The highest BCUT2D eigenvalue weighted by atomic mass is 16.1. The van der Waals surface area contributed by atoms with Gasteiger partial charge >= 0.3 is 0 Å². The van der Waals surface area contributed by atoms with Crippen molar-refractivity contribution in [3.8, 4) is 0 Å². The summed E-state index contributed by atoms with van der Waals surface area (Å²) in [5.41, 5.74) is 5.61. The van der Waals surface area contributed by atoms with E-state index in [1.165, 1.54) is 29.5 Å². The molecule has 2 aliphatic rings. The van der Waals surface area contributed by atoms with Crippen LogP contribution in [0.25, 0.3) is 0 Å². The molecule has 1 nitrogen and oxygen atoms in total. The maximum absolute atomic E-state index is 12.3. The highest BCUT2D eigenvalue weighted by molar-refractivity contribution is 6.02. The lowest BCUT2D eigenvalue weighted by atomic mass is 9.62. The normalized spacial score (nSPS) is 27.0. The van der Waals surface area contributed by atoms with Crippen LogP contribution < -0.4 is 0 Å². The van der Waals surface area contributed by atoms with Crippen LogP contribution in [0, 0.1) is 5.92 Å². The van der Waals surface area contributed by atoms with E-state index in [1.54, 1.807) is 0 Å². The first kappa shape index (κ1) is 12.9. The van der Waals surface area contributed by atoms with Crippen LogP contribution in [-0.2, 0) is 17.3 Å². The second kappa shape index (κ2) is 3.71. The molecular weight excluding hydrogens is 232 g/mol. The van der Waals surface area contributed by atoms with Crippen molar-refractivity contribution in [2.75, 3.05) is 0 Å². The maximum atomic E-state index is 12.3. The van der Waals surface area contributed by atoms with Crippen molar-refractivity contribution in [2.24, 2.45) is 5.92 Å². The number of hydrogen-bond acceptors (Lipinski definition) is 1. The van der Waals surface area contributed by atoms with Crippen molar-refractivity contribution < 1.29 is 4.79 Å². The Hall–Kier alpha value is -1.11. The Labute approximate surface area is 116 Å². The minimum absolute atomic E-state index is 0.171. The van der Waals surface area contributed by atoms with E-state index in [1.807, 2.05) is 0 Å². The van der Waals surface area contributed by atoms with Gasteiger partial charge in [-0.1, -0.05) is 40.7 Å². The van der Waals surface area contributed by atoms with Gasteiger partial charge < -0.3 is 0 Å². The van der Waals surface area contributed by atoms with Crippen LogP contribution in [0.3, 0.4) is 0 Å². The number of rotatable bonds is 0. The third kappa shape index (κ3) is 1.78. The van der Waals surface area contributed by atoms with E-state index in [-0.39, 0.29) is 16.7 Å². The van der Waals surface area contributed by atoms with Crippen LogP contribution in [0.1, 0.15) is 74.5 Å². The fourth-order valence-electron chi connectivity index (χ4n) is 3.75. The van der Waals surface area contributed by atoms with Crippen LogP contribution in [0.4, 0.5) is 0 Å². The predicted molar refractivity (Wildman–Crippen MR) is 78.9 cm³/mol. The zero-order chi connectivity index (χ0) is 14.0. The average molecular weight is 256 g/mol. The highest BCUT2D eigenvalue weighted by Gasteiger charge is 2.39. The molecule has 0 saturated carbocycles. The molecule has 0 aliphatic heterocycles. The molecule has 1 aromatic carbocycles. The first-order valence-corrected chi connectivity index (χ1v) is 7.44. The summed E-state index contributed by atoms with van der Waals surface area (Å²) in [5, 5.41) is 0. The van der Waals surface area contributed by atoms with Gasteiger partial charge in [0.25, 0.3) is 0 Å². The van der Waals surface area contributed by atoms with E-state index in [4.69, 9.17) is 0 Å². The van der Waals surface area contributed by atoms with Crippen molar-refractivity contribution in [2.45, 2.75) is 64.7 Å². The molecule has 0 saturated heterocycles. The molecular formula is C18H24O. The molecule has 0 amide bonds. The molecule has 0 N–H and O–H groups in total. The number of fused-ring (bicyclic) bond motifs is 2. The summed E-state index contributed by atoms with van der Waals surface area (Å²) in [6.07, 6.45) is 3.36. The lowest BCUT2D eigenvalue weighted by Crippen LogP contribution is -2.34. The summed E-state index contributed by atoms with van der Waals surface area (Å²) < 4.78 is 0. The molecule has 1 aromatic rings. The van der Waals surface area contributed by atoms with E-state index in [9.17, 15) is 4.79 Å². The number of hydrogen-bond donors (Lipinski definition) is 0. The van der Waals surface area contributed by atoms with E-state index in [0.29, 0.717) is 5.78 Å². The fourth-order valence-corrected chi connectivity index (χ4v) is 3.75. The molecule has 0 radical (unpaired) electrons. The summed E-state index contributed by atoms with van der Waals surface area (Å²) in [6.45, 7) is 11.4. The van der Waals surface area contributed by atoms with Crippen molar-refractivity contribution in [1.29, 1.82) is 0 Å². The van der Waals surface area contributed by atoms with Gasteiger partial charge in [-0.25, -0.2) is 0 Å². The van der Waals surface area contributed by atoms with Gasteiger partial charge in [-0.15, -0.1) is 0 Å². The summed E-state index contributed by atoms with van der Waals surface area (Å²) in [7, 11) is 0. The van der Waals surface area contributed by atoms with Crippen molar-refractivity contribution in [3.63, 3.8) is 0 Å². The number of Topliss-reactive ketones (excluding diaryl/α,β-unsaturated/α-hetero) is 1. The Morgan fingerprint density at radius 3 is 2.11 bits per heavy atom. The zero-order valence-electron chi connectivity index (χ0n) is 12.8. The van der Waals surface area contributed by atoms with Crippen molar-refractivity contribution in [3.05, 3.63) is 34.4 Å². The molecule has 0 spiro atoms. The number of carbonyl (C=O) groups excluding carboxylic acids is 1. The smallest absolute Gasteiger partial charge is 0.166 e. The Balaban J connectivity index is 2.25. The Kier molecular flexibility index (Phi) is 2.52. The van der Waals surface area contributed by atoms with Gasteiger partial charge in [0.05, 0.1) is 0 Å². The second-order valence-corrected chi connectivity index (χ2v) is 7.79. The molecule has 1 unspecified atom stereocenters. The first-order valence-electron chi connectivity index (χ1n) is 7.44. The van der Waals surface area contributed by atoms with Crippen LogP contribution in [0.15, 0.2) is 12.1 Å². The van der Waals surface area contributed by atoms with Gasteiger partial charge in [-0.05, 0) is 52.8 Å². The molecule has 102 valence electrons. The lowest BCUT2D eigenvalue weighted by Gasteiger charge is -2.42. The first-order chi connectivity index (χ1) is 8.72. The predicted octanol–water partition coefficient (Wildman–Crippen LogP) is 4.41. The van der Waals surface area contributed by atoms with Crippen molar-refractivity contribution in [1.82, 2.24) is 0 Å². The molecule has 0 aromatic heterocycles. The molecule has 1 atom stereocenters. The van der Waals surface area contributed by atoms with Crippen LogP contribution >= 0.6 is 0 Å². The third-order valence-electron chi connectivity index (χ3n) is 5.32. The zero-order valence-corrected chi connectivity index (χ0v) is 12.8. The standard InChI is InChI=1S/C18H24O/c1-11-8-12-9-14-15(10-13(12)16(11)19)18(4,5)7-6-17(14,2)3/h9-11H,6-8H2,1-5H3. The highest BCUT2D eigenvalue weighted by Crippen LogP contribution is 2.47. The van der Waals surface area contributed by atoms with Gasteiger partial charge in [-0.2, -0.15) is 0 Å². The summed E-state index contributed by atoms with van der Waals surface area (Å²) in [5.74, 6) is 0.516. The van der Waals surface area contributed by atoms with E-state index in [0.717, 1.165) is 12.0 Å². The lowest BCUT2D eigenvalue weighted by molar-refractivity contribution is 0.0946. The number of carbonyl (C=O) groups is 1. The molecule has 3 rings (SSSR count). The Morgan fingerprint density at radius 1 is 1.00 bits per heavy atom. The SMILES string of the molecule is CC1Cc2cc3c(cc2C1=O)C(C)(C)CCC3(C)C. The van der Waals surface area contributed by atoms with Crippen LogP contribution in [-0.4, -0.2) is 5.78 Å². The van der Waals surface area contributed by atoms with Gasteiger partial charge in [-0.3, -0.25) is 4.79 Å². The maximum Gasteiger partial charge on any atom is 0.166 e. The van der Waals surface area contributed by atoms with Gasteiger partial charge in [0, 0.05) is 11.5 Å². The van der Waals surface area contributed by atoms with Crippen LogP contribution in [0.5, 0.6) is 0 Å².